The van der Waals surface area contributed by atoms with Gasteiger partial charge in [0.2, 0.25) is 10.0 Å². The molecular formula is C16H20Cl2N2O3S. The predicted molar refractivity (Wildman–Crippen MR) is 94.1 cm³/mol. The minimum atomic E-state index is -3.75. The van der Waals surface area contributed by atoms with E-state index in [0.717, 1.165) is 25.7 Å². The molecule has 0 aromatic heterocycles. The van der Waals surface area contributed by atoms with Crippen LogP contribution in [-0.2, 0) is 10.0 Å². The molecule has 2 fully saturated rings. The quantitative estimate of drug-likeness (QED) is 0.857. The molecule has 5 nitrogen and oxygen atoms in total. The lowest BCUT2D eigenvalue weighted by Crippen LogP contribution is -2.39. The molecule has 1 saturated carbocycles. The molecule has 1 aromatic rings. The van der Waals surface area contributed by atoms with Crippen molar-refractivity contribution in [3.8, 4) is 0 Å². The lowest BCUT2D eigenvalue weighted by atomic mass is 9.99. The molecule has 0 bridgehead atoms. The van der Waals surface area contributed by atoms with Crippen LogP contribution in [0.4, 0.5) is 0 Å². The fourth-order valence-corrected chi connectivity index (χ4v) is 5.09. The van der Waals surface area contributed by atoms with Crippen LogP contribution in [0, 0.1) is 5.92 Å². The van der Waals surface area contributed by atoms with E-state index in [1.54, 1.807) is 4.90 Å². The van der Waals surface area contributed by atoms with Crippen molar-refractivity contribution in [2.45, 2.75) is 43.5 Å². The molecule has 1 N–H and O–H groups in total. The summed E-state index contributed by atoms with van der Waals surface area (Å²) >= 11 is 12.2. The topological polar surface area (TPSA) is 66.5 Å². The summed E-state index contributed by atoms with van der Waals surface area (Å²) in [5.41, 5.74) is 0.186. The summed E-state index contributed by atoms with van der Waals surface area (Å²) in [5.74, 6) is 0.180. The third kappa shape index (κ3) is 3.87. The molecule has 1 heterocycles. The first kappa shape index (κ1) is 18.0. The van der Waals surface area contributed by atoms with E-state index in [1.165, 1.54) is 12.1 Å². The highest BCUT2D eigenvalue weighted by Gasteiger charge is 2.31. The van der Waals surface area contributed by atoms with Crippen LogP contribution in [0.25, 0.3) is 0 Å². The second-order valence-corrected chi connectivity index (χ2v) is 9.15. The average Bonchev–Trinajstić information content (AvgIpc) is 3.29. The first-order valence-electron chi connectivity index (χ1n) is 8.08. The van der Waals surface area contributed by atoms with E-state index in [1.807, 2.05) is 0 Å². The maximum absolute atomic E-state index is 12.8. The van der Waals surface area contributed by atoms with E-state index in [0.29, 0.717) is 19.0 Å². The maximum atomic E-state index is 12.8. The second kappa shape index (κ2) is 6.83. The van der Waals surface area contributed by atoms with Crippen molar-refractivity contribution in [2.75, 3.05) is 13.1 Å². The molecule has 24 heavy (non-hydrogen) atoms. The van der Waals surface area contributed by atoms with Crippen LogP contribution in [0.15, 0.2) is 17.0 Å². The number of piperidine rings is 1. The van der Waals surface area contributed by atoms with Gasteiger partial charge < -0.3 is 4.90 Å². The number of sulfonamides is 1. The number of halogens is 2. The predicted octanol–water partition coefficient (Wildman–Crippen LogP) is 3.31. The molecule has 132 valence electrons. The summed E-state index contributed by atoms with van der Waals surface area (Å²) < 4.78 is 27.5. The van der Waals surface area contributed by atoms with Crippen LogP contribution in [0.2, 0.25) is 10.0 Å². The first-order valence-corrected chi connectivity index (χ1v) is 10.3. The zero-order chi connectivity index (χ0) is 17.5. The van der Waals surface area contributed by atoms with Gasteiger partial charge in [-0.2, -0.15) is 0 Å². The standard InChI is InChI=1S/C16H20Cl2N2O3S/c1-10-3-2-6-20(9-10)16(21)12-7-15(14(18)8-13(12)17)24(22,23)19-11-4-5-11/h7-8,10-11,19H,2-6,9H2,1H3. The molecule has 1 aromatic carbocycles. The van der Waals surface area contributed by atoms with Crippen molar-refractivity contribution < 1.29 is 13.2 Å². The number of rotatable bonds is 4. The van der Waals surface area contributed by atoms with Crippen LogP contribution in [-0.4, -0.2) is 38.4 Å². The third-order valence-electron chi connectivity index (χ3n) is 4.38. The zero-order valence-electron chi connectivity index (χ0n) is 13.4. The van der Waals surface area contributed by atoms with Gasteiger partial charge in [0.05, 0.1) is 15.6 Å². The molecule has 8 heteroatoms. The molecule has 3 rings (SSSR count). The Morgan fingerprint density at radius 1 is 1.21 bits per heavy atom. The number of hydrogen-bond donors (Lipinski definition) is 1. The van der Waals surface area contributed by atoms with Crippen molar-refractivity contribution in [3.63, 3.8) is 0 Å². The van der Waals surface area contributed by atoms with Gasteiger partial charge in [0.15, 0.2) is 0 Å². The highest BCUT2D eigenvalue weighted by molar-refractivity contribution is 7.89. The number of likely N-dealkylation sites (tertiary alicyclic amines) is 1. The van der Waals surface area contributed by atoms with E-state index >= 15 is 0 Å². The third-order valence-corrected chi connectivity index (χ3v) is 6.68. The Kier molecular flexibility index (Phi) is 5.12. The van der Waals surface area contributed by atoms with E-state index in [9.17, 15) is 13.2 Å². The van der Waals surface area contributed by atoms with Gasteiger partial charge in [0.1, 0.15) is 4.90 Å². The number of amides is 1. The van der Waals surface area contributed by atoms with Crippen molar-refractivity contribution >= 4 is 39.1 Å². The van der Waals surface area contributed by atoms with Gasteiger partial charge in [-0.15, -0.1) is 0 Å². The summed E-state index contributed by atoms with van der Waals surface area (Å²) in [6, 6.07) is 2.60. The Hall–Kier alpha value is -0.820. The molecule has 1 saturated heterocycles. The van der Waals surface area contributed by atoms with E-state index in [2.05, 4.69) is 11.6 Å². The summed E-state index contributed by atoms with van der Waals surface area (Å²) in [6.07, 6.45) is 3.67. The van der Waals surface area contributed by atoms with Crippen molar-refractivity contribution in [1.29, 1.82) is 0 Å². The smallest absolute Gasteiger partial charge is 0.255 e. The highest BCUT2D eigenvalue weighted by Crippen LogP contribution is 2.32. The monoisotopic (exact) mass is 390 g/mol. The normalized spacial score (nSPS) is 21.8. The van der Waals surface area contributed by atoms with Gasteiger partial charge in [0, 0.05) is 19.1 Å². The first-order chi connectivity index (χ1) is 11.3. The summed E-state index contributed by atoms with van der Waals surface area (Å²) in [5, 5.41) is 0.199. The lowest BCUT2D eigenvalue weighted by Gasteiger charge is -2.31. The molecule has 1 aliphatic heterocycles. The van der Waals surface area contributed by atoms with Gasteiger partial charge in [-0.3, -0.25) is 4.79 Å². The molecule has 1 amide bonds. The minimum absolute atomic E-state index is 0.0247. The second-order valence-electron chi connectivity index (χ2n) is 6.66. The molecular weight excluding hydrogens is 371 g/mol. The van der Waals surface area contributed by atoms with Gasteiger partial charge in [-0.05, 0) is 43.7 Å². The largest absolute Gasteiger partial charge is 0.338 e. The van der Waals surface area contributed by atoms with Gasteiger partial charge in [0.25, 0.3) is 5.91 Å². The van der Waals surface area contributed by atoms with Crippen molar-refractivity contribution in [3.05, 3.63) is 27.7 Å². The number of nitrogens with one attached hydrogen (secondary N) is 1. The Morgan fingerprint density at radius 2 is 1.92 bits per heavy atom. The average molecular weight is 391 g/mol. The highest BCUT2D eigenvalue weighted by atomic mass is 35.5. The fraction of sp³-hybridized carbons (Fsp3) is 0.562. The van der Waals surface area contributed by atoms with Crippen LogP contribution >= 0.6 is 23.2 Å². The summed E-state index contributed by atoms with van der Waals surface area (Å²) in [6.45, 7) is 3.41. The zero-order valence-corrected chi connectivity index (χ0v) is 15.7. The summed E-state index contributed by atoms with van der Waals surface area (Å²) in [7, 11) is -3.75. The molecule has 0 radical (unpaired) electrons. The van der Waals surface area contributed by atoms with Crippen LogP contribution in [0.1, 0.15) is 43.0 Å². The van der Waals surface area contributed by atoms with Crippen LogP contribution in [0.3, 0.4) is 0 Å². The van der Waals surface area contributed by atoms with Gasteiger partial charge >= 0.3 is 0 Å². The van der Waals surface area contributed by atoms with Crippen LogP contribution < -0.4 is 4.72 Å². The van der Waals surface area contributed by atoms with Crippen molar-refractivity contribution in [2.24, 2.45) is 5.92 Å². The summed E-state index contributed by atoms with van der Waals surface area (Å²) in [4.78, 5) is 14.4. The molecule has 2 aliphatic rings. The number of benzene rings is 1. The molecule has 1 atom stereocenters. The number of carbonyl (C=O) groups is 1. The van der Waals surface area contributed by atoms with E-state index < -0.39 is 10.0 Å². The Bertz CT molecular complexity index is 763. The maximum Gasteiger partial charge on any atom is 0.255 e. The number of hydrogen-bond acceptors (Lipinski definition) is 3. The van der Waals surface area contributed by atoms with Gasteiger partial charge in [-0.1, -0.05) is 30.1 Å². The van der Waals surface area contributed by atoms with E-state index in [4.69, 9.17) is 23.2 Å². The fourth-order valence-electron chi connectivity index (χ4n) is 2.93. The Balaban J connectivity index is 1.93. The lowest BCUT2D eigenvalue weighted by molar-refractivity contribution is 0.0683. The Labute approximate surface area is 152 Å². The van der Waals surface area contributed by atoms with Crippen molar-refractivity contribution in [1.82, 2.24) is 9.62 Å². The minimum Gasteiger partial charge on any atom is -0.338 e. The SMILES string of the molecule is CC1CCCN(C(=O)c2cc(S(=O)(=O)NC3CC3)c(Cl)cc2Cl)C1. The number of nitrogens with zero attached hydrogens (tertiary/aromatic N) is 1. The Morgan fingerprint density at radius 3 is 2.54 bits per heavy atom. The van der Waals surface area contributed by atoms with E-state index in [-0.39, 0.29) is 32.5 Å². The molecule has 0 spiro atoms. The van der Waals surface area contributed by atoms with Crippen LogP contribution in [0.5, 0.6) is 0 Å². The number of carbonyl (C=O) groups excluding carboxylic acids is 1. The molecule has 1 unspecified atom stereocenters. The molecule has 1 aliphatic carbocycles. The van der Waals surface area contributed by atoms with Gasteiger partial charge in [-0.25, -0.2) is 13.1 Å².